The highest BCUT2D eigenvalue weighted by Gasteiger charge is 2.40. The molecule has 116 valence electrons. The lowest BCUT2D eigenvalue weighted by Crippen LogP contribution is -2.46. The Labute approximate surface area is 128 Å². The largest absolute Gasteiger partial charge is 0.388 e. The van der Waals surface area contributed by atoms with Gasteiger partial charge in [0.1, 0.15) is 6.54 Å². The number of amides is 3. The van der Waals surface area contributed by atoms with Crippen molar-refractivity contribution >= 4 is 17.7 Å². The molecule has 0 saturated heterocycles. The Balaban J connectivity index is 1.61. The third-order valence-electron chi connectivity index (χ3n) is 4.28. The van der Waals surface area contributed by atoms with Crippen LogP contribution >= 0.6 is 0 Å². The highest BCUT2D eigenvalue weighted by atomic mass is 16.3. The van der Waals surface area contributed by atoms with Gasteiger partial charge in [0, 0.05) is 6.54 Å². The lowest BCUT2D eigenvalue weighted by atomic mass is 10.0. The van der Waals surface area contributed by atoms with E-state index < -0.39 is 23.3 Å². The number of carbonyl (C=O) groups is 3. The van der Waals surface area contributed by atoms with Crippen LogP contribution in [-0.4, -0.2) is 46.4 Å². The Bertz CT molecular complexity index is 614. The maximum Gasteiger partial charge on any atom is 0.262 e. The van der Waals surface area contributed by atoms with Crippen molar-refractivity contribution in [3.63, 3.8) is 0 Å². The van der Waals surface area contributed by atoms with Crippen LogP contribution in [0.4, 0.5) is 0 Å². The lowest BCUT2D eigenvalue weighted by Gasteiger charge is -2.23. The van der Waals surface area contributed by atoms with Crippen LogP contribution in [0.3, 0.4) is 0 Å². The molecule has 1 aliphatic heterocycles. The van der Waals surface area contributed by atoms with E-state index in [1.807, 2.05) is 0 Å². The first-order valence-electron chi connectivity index (χ1n) is 7.34. The number of imide groups is 1. The maximum atomic E-state index is 12.1. The average Bonchev–Trinajstić information content (AvgIpc) is 3.32. The summed E-state index contributed by atoms with van der Waals surface area (Å²) < 4.78 is 0. The molecular weight excluding hydrogens is 284 g/mol. The molecule has 1 saturated carbocycles. The predicted octanol–water partition coefficient (Wildman–Crippen LogP) is 0.560. The van der Waals surface area contributed by atoms with Crippen LogP contribution in [0.2, 0.25) is 0 Å². The average molecular weight is 302 g/mol. The number of benzene rings is 1. The van der Waals surface area contributed by atoms with Crippen molar-refractivity contribution in [3.8, 4) is 0 Å². The summed E-state index contributed by atoms with van der Waals surface area (Å²) in [6.45, 7) is 1.49. The third-order valence-corrected chi connectivity index (χ3v) is 4.28. The zero-order chi connectivity index (χ0) is 15.9. The Morgan fingerprint density at radius 3 is 2.32 bits per heavy atom. The van der Waals surface area contributed by atoms with E-state index in [9.17, 15) is 19.5 Å². The van der Waals surface area contributed by atoms with Crippen LogP contribution in [0.15, 0.2) is 24.3 Å². The molecule has 22 heavy (non-hydrogen) atoms. The summed E-state index contributed by atoms with van der Waals surface area (Å²) in [5.41, 5.74) is -0.284. The number of hydrogen-bond acceptors (Lipinski definition) is 4. The summed E-state index contributed by atoms with van der Waals surface area (Å²) in [4.78, 5) is 37.2. The zero-order valence-electron chi connectivity index (χ0n) is 12.3. The second kappa shape index (κ2) is 5.21. The van der Waals surface area contributed by atoms with Gasteiger partial charge in [0.15, 0.2) is 0 Å². The molecule has 2 aliphatic rings. The fraction of sp³-hybridized carbons (Fsp3) is 0.438. The van der Waals surface area contributed by atoms with Gasteiger partial charge in [0.25, 0.3) is 11.8 Å². The van der Waals surface area contributed by atoms with E-state index in [4.69, 9.17) is 0 Å². The SMILES string of the molecule is CC(O)(CNC(=O)CN1C(=O)c2ccccc2C1=O)C1CC1. The summed E-state index contributed by atoms with van der Waals surface area (Å²) in [7, 11) is 0. The van der Waals surface area contributed by atoms with Gasteiger partial charge < -0.3 is 10.4 Å². The molecule has 6 heteroatoms. The first kappa shape index (κ1) is 14.7. The molecule has 0 radical (unpaired) electrons. The summed E-state index contributed by atoms with van der Waals surface area (Å²) in [6, 6.07) is 6.51. The standard InChI is InChI=1S/C16H18N2O4/c1-16(22,10-6-7-10)9-17-13(19)8-18-14(20)11-4-2-3-5-12(11)15(18)21/h2-5,10,22H,6-9H2,1H3,(H,17,19). The van der Waals surface area contributed by atoms with Gasteiger partial charge in [-0.3, -0.25) is 19.3 Å². The molecule has 3 rings (SSSR count). The molecule has 1 aromatic rings. The fourth-order valence-corrected chi connectivity index (χ4v) is 2.71. The van der Waals surface area contributed by atoms with Crippen LogP contribution < -0.4 is 5.32 Å². The van der Waals surface area contributed by atoms with Crippen molar-refractivity contribution in [2.45, 2.75) is 25.4 Å². The van der Waals surface area contributed by atoms with Crippen molar-refractivity contribution in [1.82, 2.24) is 10.2 Å². The minimum absolute atomic E-state index is 0.125. The maximum absolute atomic E-state index is 12.1. The molecular formula is C16H18N2O4. The smallest absolute Gasteiger partial charge is 0.262 e. The first-order chi connectivity index (χ1) is 10.4. The zero-order valence-corrected chi connectivity index (χ0v) is 12.3. The van der Waals surface area contributed by atoms with Crippen LogP contribution in [0.1, 0.15) is 40.5 Å². The van der Waals surface area contributed by atoms with E-state index in [1.165, 1.54) is 0 Å². The second-order valence-electron chi connectivity index (χ2n) is 6.15. The van der Waals surface area contributed by atoms with Crippen molar-refractivity contribution in [2.75, 3.05) is 13.1 Å². The molecule has 6 nitrogen and oxygen atoms in total. The van der Waals surface area contributed by atoms with Crippen LogP contribution in [0.25, 0.3) is 0 Å². The molecule has 0 aromatic heterocycles. The molecule has 0 spiro atoms. The number of nitrogens with zero attached hydrogens (tertiary/aromatic N) is 1. The third kappa shape index (κ3) is 2.62. The number of carbonyl (C=O) groups excluding carboxylic acids is 3. The highest BCUT2D eigenvalue weighted by molar-refractivity contribution is 6.22. The van der Waals surface area contributed by atoms with Crippen molar-refractivity contribution < 1.29 is 19.5 Å². The minimum atomic E-state index is -0.933. The molecule has 1 unspecified atom stereocenters. The number of aliphatic hydroxyl groups is 1. The van der Waals surface area contributed by atoms with E-state index in [1.54, 1.807) is 31.2 Å². The summed E-state index contributed by atoms with van der Waals surface area (Å²) in [5.74, 6) is -1.14. The van der Waals surface area contributed by atoms with Crippen molar-refractivity contribution in [1.29, 1.82) is 0 Å². The Morgan fingerprint density at radius 2 is 1.82 bits per heavy atom. The molecule has 1 fully saturated rings. The van der Waals surface area contributed by atoms with E-state index in [2.05, 4.69) is 5.32 Å². The number of hydrogen-bond donors (Lipinski definition) is 2. The van der Waals surface area contributed by atoms with Crippen LogP contribution in [0, 0.1) is 5.92 Å². The molecule has 3 amide bonds. The molecule has 1 heterocycles. The number of rotatable bonds is 5. The van der Waals surface area contributed by atoms with E-state index in [0.29, 0.717) is 11.1 Å². The quantitative estimate of drug-likeness (QED) is 0.778. The monoisotopic (exact) mass is 302 g/mol. The van der Waals surface area contributed by atoms with Crippen molar-refractivity contribution in [2.24, 2.45) is 5.92 Å². The van der Waals surface area contributed by atoms with Gasteiger partial charge >= 0.3 is 0 Å². The van der Waals surface area contributed by atoms with Gasteiger partial charge in [-0.05, 0) is 37.8 Å². The summed E-state index contributed by atoms with van der Waals surface area (Å²) >= 11 is 0. The Morgan fingerprint density at radius 1 is 1.27 bits per heavy atom. The Kier molecular flexibility index (Phi) is 3.48. The van der Waals surface area contributed by atoms with E-state index >= 15 is 0 Å². The van der Waals surface area contributed by atoms with Crippen LogP contribution in [-0.2, 0) is 4.79 Å². The number of nitrogens with one attached hydrogen (secondary N) is 1. The van der Waals surface area contributed by atoms with Gasteiger partial charge in [-0.1, -0.05) is 12.1 Å². The van der Waals surface area contributed by atoms with Gasteiger partial charge in [0.2, 0.25) is 5.91 Å². The molecule has 0 bridgehead atoms. The first-order valence-corrected chi connectivity index (χ1v) is 7.34. The molecule has 2 N–H and O–H groups in total. The lowest BCUT2D eigenvalue weighted by molar-refractivity contribution is -0.122. The normalized spacial score (nSPS) is 19.8. The van der Waals surface area contributed by atoms with Gasteiger partial charge in [-0.25, -0.2) is 0 Å². The Hall–Kier alpha value is -2.21. The van der Waals surface area contributed by atoms with E-state index in [-0.39, 0.29) is 19.0 Å². The summed E-state index contributed by atoms with van der Waals surface area (Å²) in [5, 5.41) is 12.8. The molecule has 1 aromatic carbocycles. The second-order valence-corrected chi connectivity index (χ2v) is 6.15. The fourth-order valence-electron chi connectivity index (χ4n) is 2.71. The highest BCUT2D eigenvalue weighted by Crippen LogP contribution is 2.39. The van der Waals surface area contributed by atoms with E-state index in [0.717, 1.165) is 17.7 Å². The molecule has 1 aliphatic carbocycles. The van der Waals surface area contributed by atoms with Gasteiger partial charge in [-0.15, -0.1) is 0 Å². The predicted molar refractivity (Wildman–Crippen MR) is 78.2 cm³/mol. The minimum Gasteiger partial charge on any atom is -0.388 e. The van der Waals surface area contributed by atoms with Gasteiger partial charge in [0.05, 0.1) is 16.7 Å². The van der Waals surface area contributed by atoms with Crippen LogP contribution in [0.5, 0.6) is 0 Å². The van der Waals surface area contributed by atoms with Gasteiger partial charge in [-0.2, -0.15) is 0 Å². The van der Waals surface area contributed by atoms with Crippen molar-refractivity contribution in [3.05, 3.63) is 35.4 Å². The topological polar surface area (TPSA) is 86.7 Å². The molecule has 1 atom stereocenters. The summed E-state index contributed by atoms with van der Waals surface area (Å²) in [6.07, 6.45) is 1.92. The number of fused-ring (bicyclic) bond motifs is 1.